The fourth-order valence-electron chi connectivity index (χ4n) is 1.84. The first-order valence-electron chi connectivity index (χ1n) is 6.98. The Morgan fingerprint density at radius 3 is 2.52 bits per heavy atom. The van der Waals surface area contributed by atoms with Crippen molar-refractivity contribution in [1.82, 2.24) is 4.90 Å². The van der Waals surface area contributed by atoms with Crippen LogP contribution in [0.1, 0.15) is 24.5 Å². The van der Waals surface area contributed by atoms with E-state index in [1.807, 2.05) is 0 Å². The number of aryl methyl sites for hydroxylation is 2. The van der Waals surface area contributed by atoms with Gasteiger partial charge in [-0.3, -0.25) is 9.59 Å². The van der Waals surface area contributed by atoms with Gasteiger partial charge in [0.05, 0.1) is 5.92 Å². The van der Waals surface area contributed by atoms with Crippen molar-refractivity contribution < 1.29 is 14.7 Å². The molecule has 0 spiro atoms. The first-order valence-corrected chi connectivity index (χ1v) is 7.96. The molecule has 0 radical (unpaired) electrons. The van der Waals surface area contributed by atoms with Gasteiger partial charge in [-0.05, 0) is 37.1 Å². The quantitative estimate of drug-likeness (QED) is 0.787. The van der Waals surface area contributed by atoms with Crippen molar-refractivity contribution in [2.24, 2.45) is 5.92 Å². The summed E-state index contributed by atoms with van der Waals surface area (Å²) in [5.74, 6) is -0.724. The van der Waals surface area contributed by atoms with E-state index in [1.54, 1.807) is 25.7 Å². The Hall–Kier alpha value is -1.49. The van der Waals surface area contributed by atoms with Crippen LogP contribution in [0.2, 0.25) is 0 Å². The van der Waals surface area contributed by atoms with Crippen molar-refractivity contribution in [3.8, 4) is 0 Å². The van der Waals surface area contributed by atoms with Crippen LogP contribution in [-0.2, 0) is 9.59 Å². The number of rotatable bonds is 7. The lowest BCUT2D eigenvalue weighted by Crippen LogP contribution is -2.33. The lowest BCUT2D eigenvalue weighted by atomic mass is 10.1. The number of thioether (sulfide) groups is 1. The molecule has 116 valence electrons. The number of aliphatic carboxylic acids is 1. The standard InChI is InChI=1S/C16H23NO3S/c1-11-5-6-14(9-12(11)2)21-8-7-15(18)17(4)10-13(3)16(19)20/h5-6,9,13H,7-8,10H2,1-4H3,(H,19,20). The van der Waals surface area contributed by atoms with Gasteiger partial charge >= 0.3 is 5.97 Å². The van der Waals surface area contributed by atoms with E-state index in [0.29, 0.717) is 12.2 Å². The van der Waals surface area contributed by atoms with Crippen LogP contribution in [0, 0.1) is 19.8 Å². The zero-order chi connectivity index (χ0) is 16.0. The van der Waals surface area contributed by atoms with Gasteiger partial charge in [0.15, 0.2) is 0 Å². The highest BCUT2D eigenvalue weighted by Gasteiger charge is 2.17. The van der Waals surface area contributed by atoms with Crippen LogP contribution < -0.4 is 0 Å². The van der Waals surface area contributed by atoms with Crippen molar-refractivity contribution in [3.05, 3.63) is 29.3 Å². The summed E-state index contributed by atoms with van der Waals surface area (Å²) in [4.78, 5) is 25.4. The van der Waals surface area contributed by atoms with Gasteiger partial charge in [-0.25, -0.2) is 0 Å². The normalized spacial score (nSPS) is 12.0. The molecule has 1 atom stereocenters. The molecule has 0 fully saturated rings. The number of hydrogen-bond acceptors (Lipinski definition) is 3. The second kappa shape index (κ2) is 8.08. The third kappa shape index (κ3) is 5.79. The second-order valence-corrected chi connectivity index (χ2v) is 6.53. The summed E-state index contributed by atoms with van der Waals surface area (Å²) >= 11 is 1.65. The monoisotopic (exact) mass is 309 g/mol. The molecule has 1 amide bonds. The highest BCUT2D eigenvalue weighted by molar-refractivity contribution is 7.99. The van der Waals surface area contributed by atoms with E-state index in [1.165, 1.54) is 16.0 Å². The van der Waals surface area contributed by atoms with Crippen LogP contribution in [0.3, 0.4) is 0 Å². The Bertz CT molecular complexity index is 516. The molecule has 0 bridgehead atoms. The van der Waals surface area contributed by atoms with E-state index in [9.17, 15) is 9.59 Å². The average molecular weight is 309 g/mol. The van der Waals surface area contributed by atoms with E-state index in [2.05, 4.69) is 32.0 Å². The average Bonchev–Trinajstić information content (AvgIpc) is 2.42. The Kier molecular flexibility index (Phi) is 6.75. The van der Waals surface area contributed by atoms with Crippen LogP contribution in [-0.4, -0.2) is 41.2 Å². The lowest BCUT2D eigenvalue weighted by molar-refractivity contribution is -0.142. The molecule has 1 N–H and O–H groups in total. The van der Waals surface area contributed by atoms with Crippen LogP contribution in [0.25, 0.3) is 0 Å². The minimum atomic E-state index is -0.876. The molecule has 1 aromatic rings. The van der Waals surface area contributed by atoms with Crippen molar-refractivity contribution in [1.29, 1.82) is 0 Å². The van der Waals surface area contributed by atoms with Gasteiger partial charge < -0.3 is 10.0 Å². The van der Waals surface area contributed by atoms with E-state index in [-0.39, 0.29) is 12.5 Å². The predicted octanol–water partition coefficient (Wildman–Crippen LogP) is 2.96. The highest BCUT2D eigenvalue weighted by atomic mass is 32.2. The number of carboxylic acid groups (broad SMARTS) is 1. The van der Waals surface area contributed by atoms with Gasteiger partial charge in [0, 0.05) is 30.7 Å². The Labute approximate surface area is 130 Å². The van der Waals surface area contributed by atoms with Crippen LogP contribution >= 0.6 is 11.8 Å². The van der Waals surface area contributed by atoms with Gasteiger partial charge in [0.25, 0.3) is 0 Å². The number of carbonyl (C=O) groups excluding carboxylic acids is 1. The molecular formula is C16H23NO3S. The number of nitrogens with zero attached hydrogens (tertiary/aromatic N) is 1. The molecule has 0 heterocycles. The van der Waals surface area contributed by atoms with E-state index < -0.39 is 11.9 Å². The van der Waals surface area contributed by atoms with Gasteiger partial charge in [-0.15, -0.1) is 11.8 Å². The maximum Gasteiger partial charge on any atom is 0.308 e. The van der Waals surface area contributed by atoms with Crippen molar-refractivity contribution in [2.75, 3.05) is 19.3 Å². The first kappa shape index (κ1) is 17.6. The Morgan fingerprint density at radius 1 is 1.29 bits per heavy atom. The zero-order valence-electron chi connectivity index (χ0n) is 13.0. The summed E-state index contributed by atoms with van der Waals surface area (Å²) in [5.41, 5.74) is 2.51. The molecule has 0 aliphatic rings. The number of carbonyl (C=O) groups is 2. The van der Waals surface area contributed by atoms with Crippen molar-refractivity contribution in [2.45, 2.75) is 32.1 Å². The Balaban J connectivity index is 2.39. The number of benzene rings is 1. The SMILES string of the molecule is Cc1ccc(SCCC(=O)N(C)CC(C)C(=O)O)cc1C. The molecule has 0 saturated heterocycles. The second-order valence-electron chi connectivity index (χ2n) is 5.36. The minimum Gasteiger partial charge on any atom is -0.481 e. The topological polar surface area (TPSA) is 57.6 Å². The maximum atomic E-state index is 11.9. The summed E-state index contributed by atoms with van der Waals surface area (Å²) in [7, 11) is 1.66. The van der Waals surface area contributed by atoms with Gasteiger partial charge in [-0.2, -0.15) is 0 Å². The molecule has 0 aliphatic heterocycles. The van der Waals surface area contributed by atoms with Gasteiger partial charge in [0.1, 0.15) is 0 Å². The third-order valence-corrected chi connectivity index (χ3v) is 4.45. The largest absolute Gasteiger partial charge is 0.481 e. The third-order valence-electron chi connectivity index (χ3n) is 3.46. The number of amides is 1. The Morgan fingerprint density at radius 2 is 1.95 bits per heavy atom. The highest BCUT2D eigenvalue weighted by Crippen LogP contribution is 2.21. The number of hydrogen-bond donors (Lipinski definition) is 1. The fraction of sp³-hybridized carbons (Fsp3) is 0.500. The van der Waals surface area contributed by atoms with Crippen molar-refractivity contribution >= 4 is 23.6 Å². The zero-order valence-corrected chi connectivity index (χ0v) is 13.9. The van der Waals surface area contributed by atoms with Crippen molar-refractivity contribution in [3.63, 3.8) is 0 Å². The summed E-state index contributed by atoms with van der Waals surface area (Å²) in [5, 5.41) is 8.84. The van der Waals surface area contributed by atoms with E-state index in [4.69, 9.17) is 5.11 Å². The fourth-order valence-corrected chi connectivity index (χ4v) is 2.78. The number of carboxylic acids is 1. The molecule has 21 heavy (non-hydrogen) atoms. The van der Waals surface area contributed by atoms with Crippen LogP contribution in [0.15, 0.2) is 23.1 Å². The summed E-state index contributed by atoms with van der Waals surface area (Å²) in [6.07, 6.45) is 0.417. The summed E-state index contributed by atoms with van der Waals surface area (Å²) in [6, 6.07) is 6.27. The predicted molar refractivity (Wildman–Crippen MR) is 85.7 cm³/mol. The molecule has 1 aromatic carbocycles. The molecular weight excluding hydrogens is 286 g/mol. The van der Waals surface area contributed by atoms with Gasteiger partial charge in [0.2, 0.25) is 5.91 Å². The lowest BCUT2D eigenvalue weighted by Gasteiger charge is -2.19. The summed E-state index contributed by atoms with van der Waals surface area (Å²) in [6.45, 7) is 6.01. The molecule has 0 saturated carbocycles. The molecule has 4 nitrogen and oxygen atoms in total. The van der Waals surface area contributed by atoms with Gasteiger partial charge in [-0.1, -0.05) is 13.0 Å². The molecule has 1 rings (SSSR count). The smallest absolute Gasteiger partial charge is 0.308 e. The molecule has 0 aromatic heterocycles. The molecule has 5 heteroatoms. The van der Waals surface area contributed by atoms with E-state index >= 15 is 0 Å². The maximum absolute atomic E-state index is 11.9. The van der Waals surface area contributed by atoms with Crippen LogP contribution in [0.4, 0.5) is 0 Å². The molecule has 1 unspecified atom stereocenters. The van der Waals surface area contributed by atoms with Crippen LogP contribution in [0.5, 0.6) is 0 Å². The summed E-state index contributed by atoms with van der Waals surface area (Å²) < 4.78 is 0. The minimum absolute atomic E-state index is 0.0144. The first-order chi connectivity index (χ1) is 9.81. The van der Waals surface area contributed by atoms with E-state index in [0.717, 1.165) is 4.90 Å². The molecule has 0 aliphatic carbocycles.